The van der Waals surface area contributed by atoms with Crippen molar-refractivity contribution in [3.63, 3.8) is 0 Å². The van der Waals surface area contributed by atoms with Crippen LogP contribution < -0.4 is 4.90 Å². The van der Waals surface area contributed by atoms with Crippen molar-refractivity contribution in [3.8, 4) is 11.3 Å². The van der Waals surface area contributed by atoms with E-state index in [1.807, 2.05) is 11.4 Å². The van der Waals surface area contributed by atoms with Gasteiger partial charge in [-0.25, -0.2) is 4.98 Å². The van der Waals surface area contributed by atoms with Gasteiger partial charge >= 0.3 is 0 Å². The fourth-order valence-electron chi connectivity index (χ4n) is 2.99. The van der Waals surface area contributed by atoms with E-state index in [0.29, 0.717) is 33.0 Å². The van der Waals surface area contributed by atoms with Gasteiger partial charge in [-0.2, -0.15) is 0 Å². The van der Waals surface area contributed by atoms with Crippen molar-refractivity contribution in [2.24, 2.45) is 0 Å². The van der Waals surface area contributed by atoms with Crippen LogP contribution in [0, 0.1) is 0 Å². The van der Waals surface area contributed by atoms with Crippen LogP contribution in [0.5, 0.6) is 0 Å². The Morgan fingerprint density at radius 2 is 2.22 bits per heavy atom. The Bertz CT molecular complexity index is 936. The average Bonchev–Trinajstić information content (AvgIpc) is 3.40. The molecule has 1 aliphatic rings. The number of rotatable bonds is 5. The molecule has 4 rings (SSSR count). The molecule has 1 aromatic carbocycles. The highest BCUT2D eigenvalue weighted by molar-refractivity contribution is 7.14. The standard InChI is InChI=1S/C19H16Cl2N2O3S/c20-13-3-4-15(16(21)8-13)17-11-27-19(22-17)23(9-14-2-1-6-26-14)18(24)12-5-7-25-10-12/h3-5,7-8,10-11,14H,1-2,6,9H2. The minimum absolute atomic E-state index is 0.00678. The summed E-state index contributed by atoms with van der Waals surface area (Å²) in [6.45, 7) is 1.17. The van der Waals surface area contributed by atoms with Crippen LogP contribution in [0.1, 0.15) is 23.2 Å². The lowest BCUT2D eigenvalue weighted by atomic mass is 10.2. The number of carbonyl (C=O) groups excluding carboxylic acids is 1. The van der Waals surface area contributed by atoms with Crippen molar-refractivity contribution in [2.75, 3.05) is 18.1 Å². The highest BCUT2D eigenvalue weighted by atomic mass is 35.5. The summed E-state index contributed by atoms with van der Waals surface area (Å²) in [5.74, 6) is -0.164. The fraction of sp³-hybridized carbons (Fsp3) is 0.263. The van der Waals surface area contributed by atoms with Gasteiger partial charge in [-0.1, -0.05) is 23.2 Å². The van der Waals surface area contributed by atoms with E-state index in [9.17, 15) is 4.79 Å². The number of ether oxygens (including phenoxy) is 1. The van der Waals surface area contributed by atoms with E-state index in [-0.39, 0.29) is 12.0 Å². The molecule has 1 fully saturated rings. The maximum Gasteiger partial charge on any atom is 0.263 e. The largest absolute Gasteiger partial charge is 0.472 e. The molecule has 1 atom stereocenters. The van der Waals surface area contributed by atoms with Gasteiger partial charge in [0.05, 0.1) is 35.2 Å². The summed E-state index contributed by atoms with van der Waals surface area (Å²) in [7, 11) is 0. The summed E-state index contributed by atoms with van der Waals surface area (Å²) < 4.78 is 10.8. The molecule has 140 valence electrons. The van der Waals surface area contributed by atoms with E-state index in [0.717, 1.165) is 25.0 Å². The zero-order valence-corrected chi connectivity index (χ0v) is 16.6. The normalized spacial score (nSPS) is 16.6. The first-order chi connectivity index (χ1) is 13.1. The lowest BCUT2D eigenvalue weighted by Gasteiger charge is -2.22. The molecule has 3 aromatic rings. The van der Waals surface area contributed by atoms with E-state index in [4.69, 9.17) is 32.4 Å². The third-order valence-corrected chi connectivity index (χ3v) is 5.76. The monoisotopic (exact) mass is 422 g/mol. The third-order valence-electron chi connectivity index (χ3n) is 4.35. The van der Waals surface area contributed by atoms with Gasteiger partial charge in [0.2, 0.25) is 0 Å². The number of aromatic nitrogens is 1. The Labute approximate surface area is 170 Å². The van der Waals surface area contributed by atoms with Crippen LogP contribution >= 0.6 is 34.5 Å². The Balaban J connectivity index is 1.65. The van der Waals surface area contributed by atoms with Crippen LogP contribution in [0.15, 0.2) is 46.6 Å². The number of halogens is 2. The van der Waals surface area contributed by atoms with Gasteiger partial charge in [0.1, 0.15) is 6.26 Å². The Kier molecular flexibility index (Phi) is 5.50. The molecule has 3 heterocycles. The number of anilines is 1. The molecule has 0 radical (unpaired) electrons. The molecule has 5 nitrogen and oxygen atoms in total. The maximum absolute atomic E-state index is 13.0. The molecule has 0 aliphatic carbocycles. The summed E-state index contributed by atoms with van der Waals surface area (Å²) in [6, 6.07) is 6.92. The molecule has 0 bridgehead atoms. The molecule has 1 aliphatic heterocycles. The van der Waals surface area contributed by atoms with Crippen LogP contribution in [0.4, 0.5) is 5.13 Å². The number of nitrogens with zero attached hydrogens (tertiary/aromatic N) is 2. The van der Waals surface area contributed by atoms with Crippen molar-refractivity contribution in [1.29, 1.82) is 0 Å². The minimum Gasteiger partial charge on any atom is -0.472 e. The molecule has 27 heavy (non-hydrogen) atoms. The number of amides is 1. The van der Waals surface area contributed by atoms with E-state index in [1.54, 1.807) is 23.1 Å². The molecular weight excluding hydrogens is 407 g/mol. The number of hydrogen-bond donors (Lipinski definition) is 0. The third kappa shape index (κ3) is 4.04. The molecular formula is C19H16Cl2N2O3S. The molecule has 1 saturated heterocycles. The highest BCUT2D eigenvalue weighted by Crippen LogP contribution is 2.34. The molecule has 1 unspecified atom stereocenters. The van der Waals surface area contributed by atoms with Crippen molar-refractivity contribution in [1.82, 2.24) is 4.98 Å². The summed E-state index contributed by atoms with van der Waals surface area (Å²) in [5.41, 5.74) is 1.96. The van der Waals surface area contributed by atoms with Gasteiger partial charge in [-0.15, -0.1) is 11.3 Å². The van der Waals surface area contributed by atoms with Gasteiger partial charge in [-0.05, 0) is 37.1 Å². The summed E-state index contributed by atoms with van der Waals surface area (Å²) in [5, 5.41) is 3.56. The molecule has 0 spiro atoms. The fourth-order valence-corrected chi connectivity index (χ4v) is 4.33. The summed E-state index contributed by atoms with van der Waals surface area (Å²) in [4.78, 5) is 19.3. The van der Waals surface area contributed by atoms with Gasteiger partial charge in [-0.3, -0.25) is 9.69 Å². The Morgan fingerprint density at radius 3 is 2.93 bits per heavy atom. The highest BCUT2D eigenvalue weighted by Gasteiger charge is 2.27. The summed E-state index contributed by atoms with van der Waals surface area (Å²) in [6.07, 6.45) is 4.86. The van der Waals surface area contributed by atoms with E-state index < -0.39 is 0 Å². The molecule has 8 heteroatoms. The van der Waals surface area contributed by atoms with Crippen LogP contribution in [0.2, 0.25) is 10.0 Å². The van der Waals surface area contributed by atoms with Gasteiger partial charge in [0.25, 0.3) is 5.91 Å². The molecule has 2 aromatic heterocycles. The SMILES string of the molecule is O=C(c1ccoc1)N(CC1CCCO1)c1nc(-c2ccc(Cl)cc2Cl)cs1. The van der Waals surface area contributed by atoms with Crippen molar-refractivity contribution in [2.45, 2.75) is 18.9 Å². The summed E-state index contributed by atoms with van der Waals surface area (Å²) >= 11 is 13.7. The van der Waals surface area contributed by atoms with E-state index >= 15 is 0 Å². The zero-order valence-electron chi connectivity index (χ0n) is 14.2. The van der Waals surface area contributed by atoms with Crippen LogP contribution in [0.25, 0.3) is 11.3 Å². The number of carbonyl (C=O) groups is 1. The van der Waals surface area contributed by atoms with Crippen molar-refractivity contribution in [3.05, 3.63) is 57.8 Å². The lowest BCUT2D eigenvalue weighted by Crippen LogP contribution is -2.37. The van der Waals surface area contributed by atoms with Gasteiger partial charge in [0.15, 0.2) is 5.13 Å². The second-order valence-corrected chi connectivity index (χ2v) is 7.88. The van der Waals surface area contributed by atoms with Crippen molar-refractivity contribution >= 4 is 45.6 Å². The zero-order chi connectivity index (χ0) is 18.8. The Morgan fingerprint density at radius 1 is 1.33 bits per heavy atom. The quantitative estimate of drug-likeness (QED) is 0.541. The first-order valence-electron chi connectivity index (χ1n) is 8.48. The topological polar surface area (TPSA) is 55.6 Å². The second kappa shape index (κ2) is 8.02. The molecule has 0 saturated carbocycles. The second-order valence-electron chi connectivity index (χ2n) is 6.20. The van der Waals surface area contributed by atoms with Crippen LogP contribution in [-0.4, -0.2) is 30.1 Å². The Hall–Kier alpha value is -1.86. The molecule has 0 N–H and O–H groups in total. The molecule has 1 amide bonds. The smallest absolute Gasteiger partial charge is 0.263 e. The predicted molar refractivity (Wildman–Crippen MR) is 107 cm³/mol. The minimum atomic E-state index is -0.164. The first kappa shape index (κ1) is 18.5. The lowest BCUT2D eigenvalue weighted by molar-refractivity contribution is 0.0917. The van der Waals surface area contributed by atoms with Gasteiger partial charge < -0.3 is 9.15 Å². The average molecular weight is 423 g/mol. The van der Waals surface area contributed by atoms with E-state index in [2.05, 4.69) is 4.98 Å². The number of hydrogen-bond acceptors (Lipinski definition) is 5. The maximum atomic E-state index is 13.0. The van der Waals surface area contributed by atoms with Crippen LogP contribution in [0.3, 0.4) is 0 Å². The number of furan rings is 1. The number of benzene rings is 1. The van der Waals surface area contributed by atoms with E-state index in [1.165, 1.54) is 23.9 Å². The van der Waals surface area contributed by atoms with Crippen molar-refractivity contribution < 1.29 is 13.9 Å². The van der Waals surface area contributed by atoms with Crippen LogP contribution in [-0.2, 0) is 4.74 Å². The predicted octanol–water partition coefficient (Wildman–Crippen LogP) is 5.54. The first-order valence-corrected chi connectivity index (χ1v) is 10.1. The number of thiazole rings is 1. The van der Waals surface area contributed by atoms with Gasteiger partial charge in [0, 0.05) is 22.6 Å².